The molecule has 6 heteroatoms. The van der Waals surface area contributed by atoms with Crippen molar-refractivity contribution in [1.82, 2.24) is 15.0 Å². The van der Waals surface area contributed by atoms with E-state index in [1.165, 1.54) is 0 Å². The number of halogens is 1. The highest BCUT2D eigenvalue weighted by Crippen LogP contribution is 2.27. The van der Waals surface area contributed by atoms with Gasteiger partial charge >= 0.3 is 0 Å². The Balaban J connectivity index is 2.28. The second kappa shape index (κ2) is 5.69. The van der Waals surface area contributed by atoms with Crippen molar-refractivity contribution in [1.29, 1.82) is 0 Å². The Morgan fingerprint density at radius 1 is 1.42 bits per heavy atom. The second-order valence-electron chi connectivity index (χ2n) is 4.74. The monoisotopic (exact) mass is 280 g/mol. The van der Waals surface area contributed by atoms with Gasteiger partial charge < -0.3 is 15.2 Å². The molecule has 0 spiro atoms. The summed E-state index contributed by atoms with van der Waals surface area (Å²) in [6, 6.07) is 5.31. The molecule has 0 aliphatic heterocycles. The molecule has 0 aliphatic rings. The largest absolute Gasteiger partial charge is 0.334 e. The first-order valence-electron chi connectivity index (χ1n) is 5.98. The average molecular weight is 281 g/mol. The zero-order valence-electron chi connectivity index (χ0n) is 11.2. The molecule has 0 fully saturated rings. The summed E-state index contributed by atoms with van der Waals surface area (Å²) in [4.78, 5) is 6.32. The molecule has 0 saturated carbocycles. The van der Waals surface area contributed by atoms with Crippen LogP contribution in [0.2, 0.25) is 5.02 Å². The summed E-state index contributed by atoms with van der Waals surface area (Å²) in [5.41, 5.74) is 7.76. The third kappa shape index (κ3) is 3.12. The van der Waals surface area contributed by atoms with E-state index in [-0.39, 0.29) is 6.04 Å². The molecule has 5 nitrogen and oxygen atoms in total. The lowest BCUT2D eigenvalue weighted by Crippen LogP contribution is -2.26. The van der Waals surface area contributed by atoms with Gasteiger partial charge in [0.05, 0.1) is 6.04 Å². The Kier molecular flexibility index (Phi) is 4.19. The summed E-state index contributed by atoms with van der Waals surface area (Å²) in [5, 5.41) is 4.61. The van der Waals surface area contributed by atoms with Crippen molar-refractivity contribution >= 4 is 11.6 Å². The van der Waals surface area contributed by atoms with Crippen LogP contribution in [0.5, 0.6) is 0 Å². The van der Waals surface area contributed by atoms with Gasteiger partial charge in [-0.2, -0.15) is 4.98 Å². The number of nitrogens with two attached hydrogens (primary N) is 1. The number of rotatable bonds is 4. The van der Waals surface area contributed by atoms with Crippen molar-refractivity contribution in [2.24, 2.45) is 5.73 Å². The number of aromatic nitrogens is 2. The Hall–Kier alpha value is -1.43. The second-order valence-corrected chi connectivity index (χ2v) is 5.15. The van der Waals surface area contributed by atoms with E-state index >= 15 is 0 Å². The predicted molar refractivity (Wildman–Crippen MR) is 75.0 cm³/mol. The van der Waals surface area contributed by atoms with Crippen LogP contribution in [-0.2, 0) is 0 Å². The fraction of sp³-hybridized carbons (Fsp3) is 0.385. The summed E-state index contributed by atoms with van der Waals surface area (Å²) >= 11 is 6.08. The van der Waals surface area contributed by atoms with Crippen molar-refractivity contribution in [3.05, 3.63) is 34.6 Å². The van der Waals surface area contributed by atoms with Crippen LogP contribution in [0.15, 0.2) is 22.7 Å². The minimum Gasteiger partial charge on any atom is -0.334 e. The van der Waals surface area contributed by atoms with Crippen LogP contribution >= 0.6 is 11.6 Å². The Bertz CT molecular complexity index is 568. The maximum atomic E-state index is 6.08. The molecule has 0 aliphatic carbocycles. The van der Waals surface area contributed by atoms with Crippen LogP contribution in [0.1, 0.15) is 17.4 Å². The van der Waals surface area contributed by atoms with E-state index in [4.69, 9.17) is 21.9 Å². The normalized spacial score (nSPS) is 12.9. The molecule has 2 rings (SSSR count). The molecule has 0 bridgehead atoms. The maximum Gasteiger partial charge on any atom is 0.258 e. The van der Waals surface area contributed by atoms with Gasteiger partial charge in [-0.3, -0.25) is 0 Å². The van der Waals surface area contributed by atoms with E-state index in [2.05, 4.69) is 10.1 Å². The van der Waals surface area contributed by atoms with Gasteiger partial charge in [-0.1, -0.05) is 22.8 Å². The van der Waals surface area contributed by atoms with Crippen molar-refractivity contribution in [3.8, 4) is 11.5 Å². The number of likely N-dealkylation sites (N-methyl/N-ethyl adjacent to an activating group) is 1. The van der Waals surface area contributed by atoms with Gasteiger partial charge in [-0.25, -0.2) is 0 Å². The molecule has 2 aromatic rings. The number of benzene rings is 1. The van der Waals surface area contributed by atoms with Gasteiger partial charge in [0.2, 0.25) is 0 Å². The third-order valence-electron chi connectivity index (χ3n) is 2.83. The highest BCUT2D eigenvalue weighted by Gasteiger charge is 2.17. The molecular weight excluding hydrogens is 264 g/mol. The van der Waals surface area contributed by atoms with Crippen LogP contribution < -0.4 is 5.73 Å². The minimum absolute atomic E-state index is 0.271. The van der Waals surface area contributed by atoms with E-state index < -0.39 is 0 Å². The van der Waals surface area contributed by atoms with Gasteiger partial charge in [-0.05, 0) is 38.7 Å². The first-order chi connectivity index (χ1) is 8.99. The van der Waals surface area contributed by atoms with Crippen LogP contribution in [0.4, 0.5) is 0 Å². The molecule has 0 saturated heterocycles. The Labute approximate surface area is 117 Å². The van der Waals surface area contributed by atoms with E-state index in [0.717, 1.165) is 11.1 Å². The zero-order valence-corrected chi connectivity index (χ0v) is 12.0. The molecule has 0 amide bonds. The van der Waals surface area contributed by atoms with Gasteiger partial charge in [0, 0.05) is 17.1 Å². The van der Waals surface area contributed by atoms with E-state index in [0.29, 0.717) is 23.3 Å². The van der Waals surface area contributed by atoms with Crippen LogP contribution in [-0.4, -0.2) is 35.7 Å². The minimum atomic E-state index is -0.271. The number of hydrogen-bond donors (Lipinski definition) is 1. The SMILES string of the molecule is Cc1c(Cl)cccc1-c1nc(C(N)CN(C)C)no1. The van der Waals surface area contributed by atoms with Gasteiger partial charge in [0.1, 0.15) is 0 Å². The lowest BCUT2D eigenvalue weighted by atomic mass is 10.1. The maximum absolute atomic E-state index is 6.08. The van der Waals surface area contributed by atoms with Crippen LogP contribution in [0, 0.1) is 6.92 Å². The van der Waals surface area contributed by atoms with Crippen LogP contribution in [0.25, 0.3) is 11.5 Å². The summed E-state index contributed by atoms with van der Waals surface area (Å²) in [6.45, 7) is 2.58. The van der Waals surface area contributed by atoms with Gasteiger partial charge in [0.15, 0.2) is 5.82 Å². The molecule has 19 heavy (non-hydrogen) atoms. The number of hydrogen-bond acceptors (Lipinski definition) is 5. The molecule has 1 aromatic carbocycles. The summed E-state index contributed by atoms with van der Waals surface area (Å²) in [7, 11) is 3.89. The molecule has 1 unspecified atom stereocenters. The summed E-state index contributed by atoms with van der Waals surface area (Å²) in [5.74, 6) is 0.951. The molecular formula is C13H17ClN4O. The Morgan fingerprint density at radius 2 is 2.16 bits per heavy atom. The fourth-order valence-electron chi connectivity index (χ4n) is 1.81. The lowest BCUT2D eigenvalue weighted by molar-refractivity contribution is 0.357. The Morgan fingerprint density at radius 3 is 2.84 bits per heavy atom. The molecule has 0 radical (unpaired) electrons. The molecule has 1 atom stereocenters. The standard InChI is InChI=1S/C13H17ClN4O/c1-8-9(5-4-6-10(8)14)13-16-12(17-19-13)11(15)7-18(2)3/h4-6,11H,7,15H2,1-3H3. The first-order valence-corrected chi connectivity index (χ1v) is 6.36. The smallest absolute Gasteiger partial charge is 0.258 e. The number of nitrogens with zero attached hydrogens (tertiary/aromatic N) is 3. The van der Waals surface area contributed by atoms with Crippen molar-refractivity contribution in [3.63, 3.8) is 0 Å². The highest BCUT2D eigenvalue weighted by atomic mass is 35.5. The molecule has 102 valence electrons. The van der Waals surface area contributed by atoms with Gasteiger partial charge in [-0.15, -0.1) is 0 Å². The summed E-state index contributed by atoms with van der Waals surface area (Å²) in [6.07, 6.45) is 0. The topological polar surface area (TPSA) is 68.2 Å². The zero-order chi connectivity index (χ0) is 14.0. The van der Waals surface area contributed by atoms with Crippen LogP contribution in [0.3, 0.4) is 0 Å². The third-order valence-corrected chi connectivity index (χ3v) is 3.24. The van der Waals surface area contributed by atoms with E-state index in [9.17, 15) is 0 Å². The first kappa shape index (κ1) is 14.0. The molecule has 1 heterocycles. The molecule has 2 N–H and O–H groups in total. The highest BCUT2D eigenvalue weighted by molar-refractivity contribution is 6.31. The average Bonchev–Trinajstić information content (AvgIpc) is 2.81. The molecule has 1 aromatic heterocycles. The summed E-state index contributed by atoms with van der Waals surface area (Å²) < 4.78 is 5.27. The van der Waals surface area contributed by atoms with E-state index in [1.54, 1.807) is 0 Å². The quantitative estimate of drug-likeness (QED) is 0.930. The van der Waals surface area contributed by atoms with Crippen molar-refractivity contribution in [2.45, 2.75) is 13.0 Å². The predicted octanol–water partition coefficient (Wildman–Crippen LogP) is 2.26. The van der Waals surface area contributed by atoms with Gasteiger partial charge in [0.25, 0.3) is 5.89 Å². The van der Waals surface area contributed by atoms with Crippen molar-refractivity contribution in [2.75, 3.05) is 20.6 Å². The van der Waals surface area contributed by atoms with E-state index in [1.807, 2.05) is 44.1 Å². The lowest BCUT2D eigenvalue weighted by Gasteiger charge is -2.12. The fourth-order valence-corrected chi connectivity index (χ4v) is 1.98. The van der Waals surface area contributed by atoms with Crippen molar-refractivity contribution < 1.29 is 4.52 Å².